The summed E-state index contributed by atoms with van der Waals surface area (Å²) >= 11 is 0. The second-order valence-corrected chi connectivity index (χ2v) is 5.51. The van der Waals surface area contributed by atoms with Crippen molar-refractivity contribution in [3.63, 3.8) is 0 Å². The van der Waals surface area contributed by atoms with Gasteiger partial charge in [0.1, 0.15) is 0 Å². The van der Waals surface area contributed by atoms with E-state index in [0.717, 1.165) is 25.7 Å². The molecule has 0 saturated carbocycles. The highest BCUT2D eigenvalue weighted by atomic mass is 16.5. The third kappa shape index (κ3) is 4.23. The van der Waals surface area contributed by atoms with Gasteiger partial charge in [-0.1, -0.05) is 6.92 Å². The summed E-state index contributed by atoms with van der Waals surface area (Å²) in [5, 5.41) is 3.44. The lowest BCUT2D eigenvalue weighted by Gasteiger charge is -2.35. The fourth-order valence-corrected chi connectivity index (χ4v) is 3.11. The molecular weight excluding hydrogens is 212 g/mol. The number of hydrogen-bond donors (Lipinski definition) is 1. The van der Waals surface area contributed by atoms with Crippen LogP contribution in [0.4, 0.5) is 0 Å². The van der Waals surface area contributed by atoms with Gasteiger partial charge in [-0.2, -0.15) is 0 Å². The summed E-state index contributed by atoms with van der Waals surface area (Å²) in [6.45, 7) is 9.06. The van der Waals surface area contributed by atoms with E-state index >= 15 is 0 Å². The molecule has 1 N–H and O–H groups in total. The van der Waals surface area contributed by atoms with E-state index in [2.05, 4.69) is 17.1 Å². The number of nitrogens with zero attached hydrogens (tertiary/aromatic N) is 1. The van der Waals surface area contributed by atoms with Crippen molar-refractivity contribution in [2.75, 3.05) is 39.4 Å². The van der Waals surface area contributed by atoms with Crippen molar-refractivity contribution in [1.29, 1.82) is 0 Å². The number of morpholine rings is 1. The second kappa shape index (κ2) is 7.34. The van der Waals surface area contributed by atoms with Crippen LogP contribution in [-0.4, -0.2) is 50.3 Å². The van der Waals surface area contributed by atoms with Gasteiger partial charge < -0.3 is 10.1 Å². The van der Waals surface area contributed by atoms with E-state index in [1.165, 1.54) is 51.7 Å². The van der Waals surface area contributed by atoms with Crippen LogP contribution < -0.4 is 5.32 Å². The van der Waals surface area contributed by atoms with Gasteiger partial charge in [0.05, 0.1) is 13.2 Å². The van der Waals surface area contributed by atoms with Gasteiger partial charge in [0.2, 0.25) is 0 Å². The zero-order valence-electron chi connectivity index (χ0n) is 11.3. The highest BCUT2D eigenvalue weighted by Crippen LogP contribution is 2.19. The van der Waals surface area contributed by atoms with Crippen LogP contribution in [0.2, 0.25) is 0 Å². The van der Waals surface area contributed by atoms with Crippen LogP contribution in [0.15, 0.2) is 0 Å². The van der Waals surface area contributed by atoms with Crippen molar-refractivity contribution in [2.45, 2.75) is 45.1 Å². The summed E-state index contributed by atoms with van der Waals surface area (Å²) < 4.78 is 5.55. The molecule has 17 heavy (non-hydrogen) atoms. The van der Waals surface area contributed by atoms with Crippen molar-refractivity contribution in [3.8, 4) is 0 Å². The maximum absolute atomic E-state index is 5.55. The van der Waals surface area contributed by atoms with Gasteiger partial charge in [-0.3, -0.25) is 4.90 Å². The molecule has 2 fully saturated rings. The zero-order chi connectivity index (χ0) is 11.9. The molecule has 1 unspecified atom stereocenters. The van der Waals surface area contributed by atoms with E-state index in [-0.39, 0.29) is 0 Å². The Morgan fingerprint density at radius 2 is 2.12 bits per heavy atom. The highest BCUT2D eigenvalue weighted by molar-refractivity contribution is 4.75. The van der Waals surface area contributed by atoms with Crippen LogP contribution in [0, 0.1) is 5.92 Å². The van der Waals surface area contributed by atoms with E-state index in [0.29, 0.717) is 6.04 Å². The SMILES string of the molecule is CCC1COCCN1CCCC1CCNCC1. The van der Waals surface area contributed by atoms with Crippen LogP contribution in [-0.2, 0) is 4.74 Å². The molecule has 0 aromatic rings. The molecule has 2 saturated heterocycles. The molecule has 2 aliphatic heterocycles. The molecule has 3 heteroatoms. The molecule has 0 radical (unpaired) electrons. The molecule has 2 rings (SSSR count). The Bertz CT molecular complexity index is 204. The van der Waals surface area contributed by atoms with E-state index in [1.54, 1.807) is 0 Å². The van der Waals surface area contributed by atoms with Gasteiger partial charge in [-0.25, -0.2) is 0 Å². The third-order valence-corrected chi connectivity index (χ3v) is 4.34. The van der Waals surface area contributed by atoms with Gasteiger partial charge in [0.25, 0.3) is 0 Å². The molecule has 0 aromatic heterocycles. The van der Waals surface area contributed by atoms with Crippen molar-refractivity contribution in [1.82, 2.24) is 10.2 Å². The van der Waals surface area contributed by atoms with Gasteiger partial charge >= 0.3 is 0 Å². The van der Waals surface area contributed by atoms with Crippen LogP contribution in [0.5, 0.6) is 0 Å². The lowest BCUT2D eigenvalue weighted by Crippen LogP contribution is -2.45. The monoisotopic (exact) mass is 240 g/mol. The highest BCUT2D eigenvalue weighted by Gasteiger charge is 2.21. The summed E-state index contributed by atoms with van der Waals surface area (Å²) in [6, 6.07) is 0.678. The minimum absolute atomic E-state index is 0.678. The molecular formula is C14H28N2O. The number of ether oxygens (including phenoxy) is 1. The molecule has 3 nitrogen and oxygen atoms in total. The van der Waals surface area contributed by atoms with Gasteiger partial charge in [0.15, 0.2) is 0 Å². The second-order valence-electron chi connectivity index (χ2n) is 5.51. The minimum Gasteiger partial charge on any atom is -0.378 e. The number of hydrogen-bond acceptors (Lipinski definition) is 3. The Balaban J connectivity index is 1.62. The Labute approximate surface area is 106 Å². The smallest absolute Gasteiger partial charge is 0.0622 e. The topological polar surface area (TPSA) is 24.5 Å². The minimum atomic E-state index is 0.678. The molecule has 2 aliphatic rings. The van der Waals surface area contributed by atoms with Crippen molar-refractivity contribution in [3.05, 3.63) is 0 Å². The Kier molecular flexibility index (Phi) is 5.75. The number of rotatable bonds is 5. The molecule has 0 amide bonds. The first-order valence-electron chi connectivity index (χ1n) is 7.42. The number of nitrogens with one attached hydrogen (secondary N) is 1. The van der Waals surface area contributed by atoms with Crippen LogP contribution in [0.25, 0.3) is 0 Å². The first-order valence-corrected chi connectivity index (χ1v) is 7.42. The molecule has 0 bridgehead atoms. The Morgan fingerprint density at radius 3 is 2.88 bits per heavy atom. The first-order chi connectivity index (χ1) is 8.40. The summed E-state index contributed by atoms with van der Waals surface area (Å²) in [6.07, 6.45) is 6.81. The summed E-state index contributed by atoms with van der Waals surface area (Å²) in [5.41, 5.74) is 0. The average Bonchev–Trinajstić information content (AvgIpc) is 2.40. The molecule has 2 heterocycles. The summed E-state index contributed by atoms with van der Waals surface area (Å²) in [7, 11) is 0. The predicted octanol–water partition coefficient (Wildman–Crippen LogP) is 1.88. The van der Waals surface area contributed by atoms with Crippen LogP contribution >= 0.6 is 0 Å². The molecule has 1 atom stereocenters. The predicted molar refractivity (Wildman–Crippen MR) is 71.3 cm³/mol. The van der Waals surface area contributed by atoms with Gasteiger partial charge in [-0.15, -0.1) is 0 Å². The summed E-state index contributed by atoms with van der Waals surface area (Å²) in [4.78, 5) is 2.64. The normalized spacial score (nSPS) is 28.4. The van der Waals surface area contributed by atoms with Gasteiger partial charge in [-0.05, 0) is 57.7 Å². The average molecular weight is 240 g/mol. The van der Waals surface area contributed by atoms with E-state index in [4.69, 9.17) is 4.74 Å². The quantitative estimate of drug-likeness (QED) is 0.794. The lowest BCUT2D eigenvalue weighted by atomic mass is 9.93. The maximum atomic E-state index is 5.55. The maximum Gasteiger partial charge on any atom is 0.0622 e. The molecule has 0 spiro atoms. The van der Waals surface area contributed by atoms with Crippen LogP contribution in [0.1, 0.15) is 39.0 Å². The fraction of sp³-hybridized carbons (Fsp3) is 1.00. The van der Waals surface area contributed by atoms with Crippen molar-refractivity contribution in [2.24, 2.45) is 5.92 Å². The third-order valence-electron chi connectivity index (χ3n) is 4.34. The Morgan fingerprint density at radius 1 is 1.29 bits per heavy atom. The fourth-order valence-electron chi connectivity index (χ4n) is 3.11. The van der Waals surface area contributed by atoms with E-state index in [9.17, 15) is 0 Å². The van der Waals surface area contributed by atoms with E-state index < -0.39 is 0 Å². The molecule has 0 aromatic carbocycles. The summed E-state index contributed by atoms with van der Waals surface area (Å²) in [5.74, 6) is 0.984. The lowest BCUT2D eigenvalue weighted by molar-refractivity contribution is -0.00968. The van der Waals surface area contributed by atoms with E-state index in [1.807, 2.05) is 0 Å². The van der Waals surface area contributed by atoms with Crippen LogP contribution in [0.3, 0.4) is 0 Å². The van der Waals surface area contributed by atoms with Crippen molar-refractivity contribution >= 4 is 0 Å². The van der Waals surface area contributed by atoms with Gasteiger partial charge in [0, 0.05) is 12.6 Å². The number of piperidine rings is 1. The Hall–Kier alpha value is -0.120. The zero-order valence-corrected chi connectivity index (χ0v) is 11.3. The van der Waals surface area contributed by atoms with Crippen molar-refractivity contribution < 1.29 is 4.74 Å². The largest absolute Gasteiger partial charge is 0.378 e. The molecule has 100 valence electrons. The first kappa shape index (κ1) is 13.3. The molecule has 0 aliphatic carbocycles. The standard InChI is InChI=1S/C14H28N2O/c1-2-14-12-17-11-10-16(14)9-3-4-13-5-7-15-8-6-13/h13-15H,2-12H2,1H3.